The van der Waals surface area contributed by atoms with Crippen LogP contribution in [0.3, 0.4) is 0 Å². The maximum absolute atomic E-state index is 13.6. The molecule has 0 aromatic heterocycles. The highest BCUT2D eigenvalue weighted by Crippen LogP contribution is 2.18. The Balaban J connectivity index is 1.64. The van der Waals surface area contributed by atoms with Gasteiger partial charge in [0, 0.05) is 5.56 Å². The zero-order chi connectivity index (χ0) is 20.6. The second-order valence-corrected chi connectivity index (χ2v) is 6.01. The predicted molar refractivity (Wildman–Crippen MR) is 106 cm³/mol. The molecule has 0 aliphatic heterocycles. The lowest BCUT2D eigenvalue weighted by Gasteiger charge is -2.09. The molecule has 7 heteroatoms. The van der Waals surface area contributed by atoms with Crippen molar-refractivity contribution in [2.45, 2.75) is 6.61 Å². The normalized spacial score (nSPS) is 10.7. The number of carbonyl (C=O) groups is 2. The molecule has 3 rings (SSSR count). The minimum Gasteiger partial charge on any atom is -0.488 e. The standard InChI is InChI=1S/C22H17FN2O4/c23-19-7-3-2-6-18(19)21(26)25-24-13-17-5-1-4-8-20(17)29-14-15-9-11-16(12-10-15)22(27)28/h1-13H,14H2,(H,25,26)(H,27,28)/b24-13-. The molecular formula is C22H17FN2O4. The number of para-hydroxylation sites is 1. The number of ether oxygens (including phenoxy) is 1. The maximum Gasteiger partial charge on any atom is 0.335 e. The highest BCUT2D eigenvalue weighted by Gasteiger charge is 2.09. The molecule has 3 aromatic carbocycles. The molecule has 0 radical (unpaired) electrons. The van der Waals surface area contributed by atoms with E-state index >= 15 is 0 Å². The van der Waals surface area contributed by atoms with Crippen LogP contribution < -0.4 is 10.2 Å². The van der Waals surface area contributed by atoms with Crippen molar-refractivity contribution in [3.63, 3.8) is 0 Å². The van der Waals surface area contributed by atoms with E-state index in [1.807, 2.05) is 0 Å². The number of nitrogens with one attached hydrogen (secondary N) is 1. The van der Waals surface area contributed by atoms with Gasteiger partial charge in [-0.3, -0.25) is 4.79 Å². The summed E-state index contributed by atoms with van der Waals surface area (Å²) >= 11 is 0. The summed E-state index contributed by atoms with van der Waals surface area (Å²) in [7, 11) is 0. The predicted octanol–water partition coefficient (Wildman–Crippen LogP) is 3.87. The number of amides is 1. The first-order valence-corrected chi connectivity index (χ1v) is 8.66. The van der Waals surface area contributed by atoms with Crippen LogP contribution in [0.25, 0.3) is 0 Å². The number of benzene rings is 3. The smallest absolute Gasteiger partial charge is 0.335 e. The summed E-state index contributed by atoms with van der Waals surface area (Å²) in [5.41, 5.74) is 3.80. The third-order valence-corrected chi connectivity index (χ3v) is 4.00. The zero-order valence-electron chi connectivity index (χ0n) is 15.2. The lowest BCUT2D eigenvalue weighted by Crippen LogP contribution is -2.19. The third kappa shape index (κ3) is 5.26. The van der Waals surface area contributed by atoms with E-state index in [9.17, 15) is 14.0 Å². The van der Waals surface area contributed by atoms with Crippen LogP contribution in [0.1, 0.15) is 31.8 Å². The van der Waals surface area contributed by atoms with Crippen molar-refractivity contribution in [1.29, 1.82) is 0 Å². The number of carboxylic acid groups (broad SMARTS) is 1. The summed E-state index contributed by atoms with van der Waals surface area (Å²) in [5.74, 6) is -1.75. The van der Waals surface area contributed by atoms with E-state index in [4.69, 9.17) is 9.84 Å². The molecule has 6 nitrogen and oxygen atoms in total. The monoisotopic (exact) mass is 392 g/mol. The number of halogens is 1. The average molecular weight is 392 g/mol. The number of hydrogen-bond donors (Lipinski definition) is 2. The number of aromatic carboxylic acids is 1. The van der Waals surface area contributed by atoms with Crippen LogP contribution in [0.15, 0.2) is 77.9 Å². The molecule has 0 bridgehead atoms. The first-order valence-electron chi connectivity index (χ1n) is 8.66. The molecule has 3 aromatic rings. The molecule has 0 saturated heterocycles. The third-order valence-electron chi connectivity index (χ3n) is 4.00. The van der Waals surface area contributed by atoms with Crippen molar-refractivity contribution in [1.82, 2.24) is 5.43 Å². The average Bonchev–Trinajstić information content (AvgIpc) is 2.73. The van der Waals surface area contributed by atoms with Crippen molar-refractivity contribution >= 4 is 18.1 Å². The van der Waals surface area contributed by atoms with Gasteiger partial charge in [-0.15, -0.1) is 0 Å². The summed E-state index contributed by atoms with van der Waals surface area (Å²) in [6.07, 6.45) is 1.40. The molecule has 0 aliphatic carbocycles. The van der Waals surface area contributed by atoms with E-state index in [1.54, 1.807) is 42.5 Å². The fourth-order valence-corrected chi connectivity index (χ4v) is 2.49. The number of carbonyl (C=O) groups excluding carboxylic acids is 1. The van der Waals surface area contributed by atoms with Crippen molar-refractivity contribution in [3.8, 4) is 5.75 Å². The maximum atomic E-state index is 13.6. The molecule has 0 unspecified atom stereocenters. The van der Waals surface area contributed by atoms with Gasteiger partial charge in [-0.1, -0.05) is 36.4 Å². The molecule has 29 heavy (non-hydrogen) atoms. The number of carboxylic acids is 1. The van der Waals surface area contributed by atoms with Gasteiger partial charge in [0.1, 0.15) is 18.2 Å². The largest absolute Gasteiger partial charge is 0.488 e. The molecule has 0 aliphatic rings. The van der Waals surface area contributed by atoms with Gasteiger partial charge in [0.2, 0.25) is 0 Å². The number of hydrazone groups is 1. The van der Waals surface area contributed by atoms with E-state index < -0.39 is 17.7 Å². The molecule has 0 saturated carbocycles. The van der Waals surface area contributed by atoms with E-state index in [0.717, 1.165) is 5.56 Å². The molecular weight excluding hydrogens is 375 g/mol. The Morgan fingerprint density at radius 3 is 2.41 bits per heavy atom. The summed E-state index contributed by atoms with van der Waals surface area (Å²) in [4.78, 5) is 22.9. The minimum absolute atomic E-state index is 0.0982. The van der Waals surface area contributed by atoms with Crippen molar-refractivity contribution < 1.29 is 23.8 Å². The fourth-order valence-electron chi connectivity index (χ4n) is 2.49. The first-order chi connectivity index (χ1) is 14.0. The lowest BCUT2D eigenvalue weighted by atomic mass is 10.1. The number of nitrogens with zero attached hydrogens (tertiary/aromatic N) is 1. The van der Waals surface area contributed by atoms with Crippen LogP contribution in [-0.2, 0) is 6.61 Å². The summed E-state index contributed by atoms with van der Waals surface area (Å²) < 4.78 is 19.4. The van der Waals surface area contributed by atoms with Crippen LogP contribution in [-0.4, -0.2) is 23.2 Å². The Labute approximate surface area is 166 Å². The summed E-state index contributed by atoms with van der Waals surface area (Å²) in [6, 6.07) is 19.1. The fraction of sp³-hybridized carbons (Fsp3) is 0.0455. The van der Waals surface area contributed by atoms with Gasteiger partial charge in [-0.2, -0.15) is 5.10 Å². The Hall–Kier alpha value is -4.00. The van der Waals surface area contributed by atoms with Crippen LogP contribution in [0.2, 0.25) is 0 Å². The van der Waals surface area contributed by atoms with Gasteiger partial charge in [0.25, 0.3) is 5.91 Å². The second kappa shape index (κ2) is 9.27. The summed E-state index contributed by atoms with van der Waals surface area (Å²) in [6.45, 7) is 0.229. The van der Waals surface area contributed by atoms with E-state index in [1.165, 1.54) is 36.5 Å². The van der Waals surface area contributed by atoms with E-state index in [2.05, 4.69) is 10.5 Å². The quantitative estimate of drug-likeness (QED) is 0.472. The molecule has 0 spiro atoms. The van der Waals surface area contributed by atoms with Crippen molar-refractivity contribution in [2.75, 3.05) is 0 Å². The Morgan fingerprint density at radius 2 is 1.69 bits per heavy atom. The highest BCUT2D eigenvalue weighted by molar-refractivity contribution is 5.95. The number of hydrogen-bond acceptors (Lipinski definition) is 4. The molecule has 2 N–H and O–H groups in total. The lowest BCUT2D eigenvalue weighted by molar-refractivity contribution is 0.0696. The van der Waals surface area contributed by atoms with Crippen LogP contribution in [0.4, 0.5) is 4.39 Å². The van der Waals surface area contributed by atoms with Gasteiger partial charge in [0.05, 0.1) is 17.3 Å². The Bertz CT molecular complexity index is 1050. The first kappa shape index (κ1) is 19.8. The van der Waals surface area contributed by atoms with E-state index in [0.29, 0.717) is 11.3 Å². The Morgan fingerprint density at radius 1 is 1.00 bits per heavy atom. The number of rotatable bonds is 7. The van der Waals surface area contributed by atoms with Crippen molar-refractivity contribution in [3.05, 3.63) is 101 Å². The van der Waals surface area contributed by atoms with Crippen LogP contribution in [0.5, 0.6) is 5.75 Å². The molecule has 0 atom stereocenters. The Kier molecular flexibility index (Phi) is 6.32. The molecule has 1 amide bonds. The zero-order valence-corrected chi connectivity index (χ0v) is 15.2. The molecule has 0 fully saturated rings. The summed E-state index contributed by atoms with van der Waals surface area (Å²) in [5, 5.41) is 12.8. The van der Waals surface area contributed by atoms with Crippen LogP contribution >= 0.6 is 0 Å². The van der Waals surface area contributed by atoms with Gasteiger partial charge in [-0.25, -0.2) is 14.6 Å². The van der Waals surface area contributed by atoms with Crippen molar-refractivity contribution in [2.24, 2.45) is 5.10 Å². The topological polar surface area (TPSA) is 88.0 Å². The van der Waals surface area contributed by atoms with Gasteiger partial charge in [0.15, 0.2) is 0 Å². The second-order valence-electron chi connectivity index (χ2n) is 6.01. The van der Waals surface area contributed by atoms with Gasteiger partial charge in [-0.05, 0) is 42.0 Å². The molecule has 0 heterocycles. The van der Waals surface area contributed by atoms with Gasteiger partial charge >= 0.3 is 5.97 Å². The van der Waals surface area contributed by atoms with Crippen LogP contribution in [0, 0.1) is 5.82 Å². The van der Waals surface area contributed by atoms with Gasteiger partial charge < -0.3 is 9.84 Å². The van der Waals surface area contributed by atoms with E-state index in [-0.39, 0.29) is 17.7 Å². The highest BCUT2D eigenvalue weighted by atomic mass is 19.1. The molecule has 146 valence electrons. The minimum atomic E-state index is -0.989. The SMILES string of the molecule is O=C(O)c1ccc(COc2ccccc2/C=N\NC(=O)c2ccccc2F)cc1.